The van der Waals surface area contributed by atoms with Crippen LogP contribution in [0.1, 0.15) is 40.4 Å². The fourth-order valence-electron chi connectivity index (χ4n) is 3.45. The van der Waals surface area contributed by atoms with Crippen molar-refractivity contribution in [3.05, 3.63) is 50.6 Å². The lowest BCUT2D eigenvalue weighted by Crippen LogP contribution is -2.49. The third kappa shape index (κ3) is 4.06. The number of amides is 2. The van der Waals surface area contributed by atoms with Gasteiger partial charge in [-0.3, -0.25) is 9.59 Å². The molecule has 4 rings (SSSR count). The Morgan fingerprint density at radius 1 is 1.29 bits per heavy atom. The van der Waals surface area contributed by atoms with E-state index in [4.69, 9.17) is 16.6 Å². The zero-order valence-electron chi connectivity index (χ0n) is 15.4. The normalized spacial score (nSPS) is 16.3. The molecular weight excluding hydrogens is 414 g/mol. The molecule has 1 saturated heterocycles. The first kappa shape index (κ1) is 19.4. The zero-order chi connectivity index (χ0) is 19.7. The van der Waals surface area contributed by atoms with Gasteiger partial charge in [-0.1, -0.05) is 17.7 Å². The first-order valence-corrected chi connectivity index (χ1v) is 11.3. The van der Waals surface area contributed by atoms with Gasteiger partial charge in [0.05, 0.1) is 20.1 Å². The molecule has 3 heterocycles. The molecule has 0 saturated carbocycles. The van der Waals surface area contributed by atoms with Gasteiger partial charge in [-0.15, -0.1) is 22.7 Å². The van der Waals surface area contributed by atoms with Gasteiger partial charge in [0.25, 0.3) is 5.91 Å². The van der Waals surface area contributed by atoms with Crippen molar-refractivity contribution < 1.29 is 9.59 Å². The number of nitrogens with one attached hydrogen (secondary N) is 1. The monoisotopic (exact) mass is 433 g/mol. The fraction of sp³-hybridized carbons (Fsp3) is 0.350. The topological polar surface area (TPSA) is 62.3 Å². The van der Waals surface area contributed by atoms with Crippen LogP contribution < -0.4 is 5.32 Å². The zero-order valence-corrected chi connectivity index (χ0v) is 17.7. The average Bonchev–Trinajstić information content (AvgIpc) is 3.37. The third-order valence-corrected chi connectivity index (χ3v) is 7.29. The number of aromatic nitrogens is 1. The second-order valence-electron chi connectivity index (χ2n) is 6.94. The number of carbonyl (C=O) groups excluding carboxylic acids is 2. The molecule has 1 atom stereocenters. The van der Waals surface area contributed by atoms with Crippen molar-refractivity contribution in [2.24, 2.45) is 0 Å². The van der Waals surface area contributed by atoms with Crippen LogP contribution in [0.4, 0.5) is 0 Å². The van der Waals surface area contributed by atoms with E-state index in [1.165, 1.54) is 11.3 Å². The molecule has 1 aliphatic rings. The summed E-state index contributed by atoms with van der Waals surface area (Å²) in [6, 6.07) is 8.85. The van der Waals surface area contributed by atoms with Crippen molar-refractivity contribution >= 4 is 56.3 Å². The molecule has 146 valence electrons. The van der Waals surface area contributed by atoms with E-state index < -0.39 is 6.04 Å². The maximum atomic E-state index is 12.7. The molecule has 1 aromatic carbocycles. The van der Waals surface area contributed by atoms with Gasteiger partial charge in [-0.2, -0.15) is 0 Å². The van der Waals surface area contributed by atoms with Crippen LogP contribution in [-0.2, 0) is 4.79 Å². The molecule has 2 amide bonds. The van der Waals surface area contributed by atoms with Gasteiger partial charge in [-0.25, -0.2) is 4.98 Å². The van der Waals surface area contributed by atoms with Crippen LogP contribution >= 0.6 is 34.3 Å². The average molecular weight is 434 g/mol. The maximum absolute atomic E-state index is 12.7. The number of halogens is 1. The van der Waals surface area contributed by atoms with Crippen molar-refractivity contribution in [2.75, 3.05) is 13.1 Å². The van der Waals surface area contributed by atoms with Gasteiger partial charge >= 0.3 is 0 Å². The summed E-state index contributed by atoms with van der Waals surface area (Å²) in [5, 5.41) is 6.46. The first-order valence-electron chi connectivity index (χ1n) is 9.20. The minimum absolute atomic E-state index is 0.0283. The summed E-state index contributed by atoms with van der Waals surface area (Å²) >= 11 is 9.13. The van der Waals surface area contributed by atoms with Crippen LogP contribution in [0.25, 0.3) is 10.2 Å². The summed E-state index contributed by atoms with van der Waals surface area (Å²) in [6.07, 6.45) is 1.76. The summed E-state index contributed by atoms with van der Waals surface area (Å²) in [4.78, 5) is 32.1. The number of nitrogens with zero attached hydrogens (tertiary/aromatic N) is 2. The number of carbonyl (C=O) groups is 2. The van der Waals surface area contributed by atoms with Crippen LogP contribution in [0.5, 0.6) is 0 Å². The van der Waals surface area contributed by atoms with E-state index in [0.717, 1.165) is 28.1 Å². The number of likely N-dealkylation sites (tertiary alicyclic amines) is 1. The molecule has 5 nitrogen and oxygen atoms in total. The molecule has 2 aromatic heterocycles. The summed E-state index contributed by atoms with van der Waals surface area (Å²) in [5.74, 6) is 0.134. The van der Waals surface area contributed by atoms with Gasteiger partial charge in [-0.05, 0) is 49.4 Å². The van der Waals surface area contributed by atoms with Crippen molar-refractivity contribution in [1.29, 1.82) is 0 Å². The molecular formula is C20H20ClN3O2S2. The SMILES string of the molecule is CC(NC(=O)c1cccs1)C(=O)N1CCC(c2nc3cc(Cl)ccc3s2)CC1. The number of fused-ring (bicyclic) bond motifs is 1. The van der Waals surface area contributed by atoms with Gasteiger partial charge < -0.3 is 10.2 Å². The van der Waals surface area contributed by atoms with E-state index in [2.05, 4.69) is 5.32 Å². The summed E-state index contributed by atoms with van der Waals surface area (Å²) in [7, 11) is 0. The Morgan fingerprint density at radius 2 is 2.07 bits per heavy atom. The van der Waals surface area contributed by atoms with E-state index in [9.17, 15) is 9.59 Å². The second-order valence-corrected chi connectivity index (χ2v) is 9.38. The molecule has 0 bridgehead atoms. The quantitative estimate of drug-likeness (QED) is 0.657. The predicted molar refractivity (Wildman–Crippen MR) is 114 cm³/mol. The smallest absolute Gasteiger partial charge is 0.261 e. The Hall–Kier alpha value is -1.96. The van der Waals surface area contributed by atoms with Crippen molar-refractivity contribution in [2.45, 2.75) is 31.7 Å². The van der Waals surface area contributed by atoms with E-state index in [0.29, 0.717) is 28.9 Å². The van der Waals surface area contributed by atoms with Crippen molar-refractivity contribution in [3.63, 3.8) is 0 Å². The Morgan fingerprint density at radius 3 is 2.79 bits per heavy atom. The van der Waals surface area contributed by atoms with Gasteiger partial charge in [0.15, 0.2) is 0 Å². The number of hydrogen-bond donors (Lipinski definition) is 1. The molecule has 0 spiro atoms. The highest BCUT2D eigenvalue weighted by atomic mass is 35.5. The fourth-order valence-corrected chi connectivity index (χ4v) is 5.36. The maximum Gasteiger partial charge on any atom is 0.261 e. The third-order valence-electron chi connectivity index (χ3n) is 4.99. The number of piperidine rings is 1. The Kier molecular flexibility index (Phi) is 5.66. The van der Waals surface area contributed by atoms with Crippen molar-refractivity contribution in [3.8, 4) is 0 Å². The summed E-state index contributed by atoms with van der Waals surface area (Å²) < 4.78 is 1.14. The Balaban J connectivity index is 1.35. The lowest BCUT2D eigenvalue weighted by atomic mass is 9.97. The number of thiophene rings is 1. The van der Waals surface area contributed by atoms with Crippen LogP contribution in [-0.4, -0.2) is 40.8 Å². The highest BCUT2D eigenvalue weighted by molar-refractivity contribution is 7.18. The second kappa shape index (κ2) is 8.19. The number of benzene rings is 1. The Labute approximate surface area is 176 Å². The lowest BCUT2D eigenvalue weighted by Gasteiger charge is -2.33. The molecule has 1 N–H and O–H groups in total. The molecule has 1 fully saturated rings. The lowest BCUT2D eigenvalue weighted by molar-refractivity contribution is -0.133. The summed E-state index contributed by atoms with van der Waals surface area (Å²) in [5.41, 5.74) is 0.941. The molecule has 0 aliphatic carbocycles. The number of thiazole rings is 1. The van der Waals surface area contributed by atoms with Crippen LogP contribution in [0.2, 0.25) is 5.02 Å². The molecule has 1 unspecified atom stereocenters. The molecule has 3 aromatic rings. The van der Waals surface area contributed by atoms with Crippen LogP contribution in [0.3, 0.4) is 0 Å². The largest absolute Gasteiger partial charge is 0.341 e. The van der Waals surface area contributed by atoms with Gasteiger partial charge in [0.2, 0.25) is 5.91 Å². The molecule has 1 aliphatic heterocycles. The Bertz CT molecular complexity index is 994. The summed E-state index contributed by atoms with van der Waals surface area (Å²) in [6.45, 7) is 3.11. The molecule has 8 heteroatoms. The standard InChI is InChI=1S/C20H20ClN3O2S2/c1-12(22-18(25)17-3-2-10-27-17)20(26)24-8-6-13(7-9-24)19-23-15-11-14(21)4-5-16(15)28-19/h2-5,10-13H,6-9H2,1H3,(H,22,25). The van der Waals surface area contributed by atoms with E-state index >= 15 is 0 Å². The predicted octanol–water partition coefficient (Wildman–Crippen LogP) is 4.54. The minimum Gasteiger partial charge on any atom is -0.341 e. The highest BCUT2D eigenvalue weighted by Gasteiger charge is 2.29. The molecule has 28 heavy (non-hydrogen) atoms. The van der Waals surface area contributed by atoms with E-state index in [-0.39, 0.29) is 11.8 Å². The number of rotatable bonds is 4. The van der Waals surface area contributed by atoms with Crippen molar-refractivity contribution in [1.82, 2.24) is 15.2 Å². The van der Waals surface area contributed by atoms with Gasteiger partial charge in [0.1, 0.15) is 6.04 Å². The number of hydrogen-bond acceptors (Lipinski definition) is 5. The van der Waals surface area contributed by atoms with Gasteiger partial charge in [0, 0.05) is 24.0 Å². The van der Waals surface area contributed by atoms with E-state index in [1.807, 2.05) is 34.5 Å². The highest BCUT2D eigenvalue weighted by Crippen LogP contribution is 2.34. The van der Waals surface area contributed by atoms with Crippen LogP contribution in [0, 0.1) is 0 Å². The first-order chi connectivity index (χ1) is 13.5. The van der Waals surface area contributed by atoms with Crippen LogP contribution in [0.15, 0.2) is 35.7 Å². The van der Waals surface area contributed by atoms with E-state index in [1.54, 1.807) is 24.3 Å². The minimum atomic E-state index is -0.532. The molecule has 0 radical (unpaired) electrons.